The molecule has 0 radical (unpaired) electrons. The molecule has 0 spiro atoms. The summed E-state index contributed by atoms with van der Waals surface area (Å²) in [4.78, 5) is 4.49. The molecule has 0 unspecified atom stereocenters. The van der Waals surface area contributed by atoms with Gasteiger partial charge in [0.1, 0.15) is 5.65 Å². The zero-order chi connectivity index (χ0) is 13.1. The summed E-state index contributed by atoms with van der Waals surface area (Å²) < 4.78 is 2.27. The molecular weight excluding hydrogens is 232 g/mol. The van der Waals surface area contributed by atoms with Crippen molar-refractivity contribution in [1.29, 1.82) is 0 Å². The predicted molar refractivity (Wildman–Crippen MR) is 79.2 cm³/mol. The van der Waals surface area contributed by atoms with Gasteiger partial charge in [0.25, 0.3) is 0 Å². The number of pyridine rings is 1. The number of aromatic nitrogens is 2. The number of aryl methyl sites for hydroxylation is 3. The van der Waals surface area contributed by atoms with E-state index in [0.717, 1.165) is 25.0 Å². The minimum Gasteiger partial charge on any atom is -0.332 e. The number of rotatable bonds is 4. The highest BCUT2D eigenvalue weighted by atomic mass is 15.0. The third kappa shape index (κ3) is 2.53. The summed E-state index contributed by atoms with van der Waals surface area (Å²) in [6.45, 7) is 3.17. The summed E-state index contributed by atoms with van der Waals surface area (Å²) in [5.41, 5.74) is 3.82. The van der Waals surface area contributed by atoms with Crippen LogP contribution in [-0.2, 0) is 13.0 Å². The number of benzene rings is 1. The second-order valence-corrected chi connectivity index (χ2v) is 4.97. The van der Waals surface area contributed by atoms with Crippen LogP contribution in [0, 0.1) is 6.92 Å². The van der Waals surface area contributed by atoms with E-state index in [1.165, 1.54) is 16.5 Å². The van der Waals surface area contributed by atoms with Crippen LogP contribution in [0.3, 0.4) is 0 Å². The molecule has 2 aromatic heterocycles. The van der Waals surface area contributed by atoms with Crippen molar-refractivity contribution >= 4 is 11.0 Å². The van der Waals surface area contributed by atoms with E-state index in [1.54, 1.807) is 0 Å². The number of fused-ring (bicyclic) bond motifs is 1. The van der Waals surface area contributed by atoms with Gasteiger partial charge in [-0.1, -0.05) is 30.3 Å². The fourth-order valence-electron chi connectivity index (χ4n) is 2.57. The number of hydrogen-bond acceptors (Lipinski definition) is 1. The Morgan fingerprint density at radius 3 is 2.74 bits per heavy atom. The first kappa shape index (κ1) is 12.0. The minimum absolute atomic E-state index is 1.02. The highest BCUT2D eigenvalue weighted by Gasteiger charge is 2.05. The van der Waals surface area contributed by atoms with Crippen molar-refractivity contribution in [3.8, 4) is 0 Å². The molecule has 0 aliphatic carbocycles. The SMILES string of the molecule is Cc1cn(CCCc2ccccc2)c2ncccc12. The molecule has 0 atom stereocenters. The Hall–Kier alpha value is -2.09. The Morgan fingerprint density at radius 1 is 1.05 bits per heavy atom. The van der Waals surface area contributed by atoms with Gasteiger partial charge in [-0.3, -0.25) is 0 Å². The first-order valence-corrected chi connectivity index (χ1v) is 6.79. The van der Waals surface area contributed by atoms with Gasteiger partial charge in [0, 0.05) is 24.3 Å². The predicted octanol–water partition coefficient (Wildman–Crippen LogP) is 3.98. The average molecular weight is 250 g/mol. The van der Waals surface area contributed by atoms with Crippen molar-refractivity contribution in [2.24, 2.45) is 0 Å². The lowest BCUT2D eigenvalue weighted by atomic mass is 10.1. The lowest BCUT2D eigenvalue weighted by molar-refractivity contribution is 0.656. The molecule has 0 N–H and O–H groups in total. The zero-order valence-electron chi connectivity index (χ0n) is 11.2. The van der Waals surface area contributed by atoms with Gasteiger partial charge in [-0.2, -0.15) is 0 Å². The maximum Gasteiger partial charge on any atom is 0.140 e. The molecule has 96 valence electrons. The van der Waals surface area contributed by atoms with E-state index in [0.29, 0.717) is 0 Å². The normalized spacial score (nSPS) is 11.0. The van der Waals surface area contributed by atoms with Crippen LogP contribution >= 0.6 is 0 Å². The Balaban J connectivity index is 1.72. The summed E-state index contributed by atoms with van der Waals surface area (Å²) in [5.74, 6) is 0. The van der Waals surface area contributed by atoms with Crippen molar-refractivity contribution in [1.82, 2.24) is 9.55 Å². The van der Waals surface area contributed by atoms with Crippen molar-refractivity contribution < 1.29 is 0 Å². The average Bonchev–Trinajstić information content (AvgIpc) is 2.78. The van der Waals surface area contributed by atoms with E-state index in [1.807, 2.05) is 12.3 Å². The highest BCUT2D eigenvalue weighted by molar-refractivity contribution is 5.79. The largest absolute Gasteiger partial charge is 0.332 e. The first-order chi connectivity index (χ1) is 9.34. The Labute approximate surface area is 113 Å². The molecular formula is C17H18N2. The van der Waals surface area contributed by atoms with Crippen LogP contribution < -0.4 is 0 Å². The molecule has 0 fully saturated rings. The molecule has 2 heteroatoms. The van der Waals surface area contributed by atoms with E-state index in [4.69, 9.17) is 0 Å². The standard InChI is InChI=1S/C17H18N2/c1-14-13-19(17-16(14)10-5-11-18-17)12-6-9-15-7-3-2-4-8-15/h2-5,7-8,10-11,13H,6,9,12H2,1H3. The molecule has 0 saturated heterocycles. The molecule has 2 nitrogen and oxygen atoms in total. The molecule has 1 aromatic carbocycles. The van der Waals surface area contributed by atoms with Crippen LogP contribution in [0.5, 0.6) is 0 Å². The van der Waals surface area contributed by atoms with Crippen molar-refractivity contribution in [2.45, 2.75) is 26.3 Å². The van der Waals surface area contributed by atoms with Crippen LogP contribution in [0.15, 0.2) is 54.9 Å². The number of nitrogens with zero attached hydrogens (tertiary/aromatic N) is 2. The van der Waals surface area contributed by atoms with Gasteiger partial charge >= 0.3 is 0 Å². The van der Waals surface area contributed by atoms with Crippen molar-refractivity contribution in [3.63, 3.8) is 0 Å². The van der Waals surface area contributed by atoms with Crippen LogP contribution in [0.25, 0.3) is 11.0 Å². The summed E-state index contributed by atoms with van der Waals surface area (Å²) >= 11 is 0. The zero-order valence-corrected chi connectivity index (χ0v) is 11.2. The van der Waals surface area contributed by atoms with Gasteiger partial charge in [-0.05, 0) is 43.0 Å². The van der Waals surface area contributed by atoms with Crippen LogP contribution in [0.4, 0.5) is 0 Å². The maximum atomic E-state index is 4.49. The molecule has 0 aliphatic rings. The number of hydrogen-bond donors (Lipinski definition) is 0. The lowest BCUT2D eigenvalue weighted by Crippen LogP contribution is -1.99. The fraction of sp³-hybridized carbons (Fsp3) is 0.235. The van der Waals surface area contributed by atoms with Gasteiger partial charge in [-0.15, -0.1) is 0 Å². The summed E-state index contributed by atoms with van der Waals surface area (Å²) in [5, 5.41) is 1.27. The van der Waals surface area contributed by atoms with E-state index < -0.39 is 0 Å². The van der Waals surface area contributed by atoms with Gasteiger partial charge in [0.15, 0.2) is 0 Å². The van der Waals surface area contributed by atoms with E-state index in [2.05, 4.69) is 59.1 Å². The van der Waals surface area contributed by atoms with Crippen LogP contribution in [0.1, 0.15) is 17.5 Å². The molecule has 19 heavy (non-hydrogen) atoms. The van der Waals surface area contributed by atoms with Crippen molar-refractivity contribution in [3.05, 3.63) is 66.0 Å². The Morgan fingerprint density at radius 2 is 1.89 bits per heavy atom. The van der Waals surface area contributed by atoms with Gasteiger partial charge < -0.3 is 4.57 Å². The second kappa shape index (κ2) is 5.27. The molecule has 0 aliphatic heterocycles. The maximum absolute atomic E-state index is 4.49. The highest BCUT2D eigenvalue weighted by Crippen LogP contribution is 2.18. The van der Waals surface area contributed by atoms with Crippen LogP contribution in [-0.4, -0.2) is 9.55 Å². The lowest BCUT2D eigenvalue weighted by Gasteiger charge is -2.04. The van der Waals surface area contributed by atoms with E-state index >= 15 is 0 Å². The molecule has 0 bridgehead atoms. The summed E-state index contributed by atoms with van der Waals surface area (Å²) in [7, 11) is 0. The molecule has 3 aromatic rings. The van der Waals surface area contributed by atoms with E-state index in [-0.39, 0.29) is 0 Å². The quantitative estimate of drug-likeness (QED) is 0.685. The van der Waals surface area contributed by atoms with Crippen LogP contribution in [0.2, 0.25) is 0 Å². The molecule has 2 heterocycles. The fourth-order valence-corrected chi connectivity index (χ4v) is 2.57. The third-order valence-corrected chi connectivity index (χ3v) is 3.54. The smallest absolute Gasteiger partial charge is 0.140 e. The van der Waals surface area contributed by atoms with Gasteiger partial charge in [0.05, 0.1) is 0 Å². The Bertz CT molecular complexity index is 668. The first-order valence-electron chi connectivity index (χ1n) is 6.79. The van der Waals surface area contributed by atoms with Gasteiger partial charge in [0.2, 0.25) is 0 Å². The second-order valence-electron chi connectivity index (χ2n) is 4.97. The van der Waals surface area contributed by atoms with Gasteiger partial charge in [-0.25, -0.2) is 4.98 Å². The molecule has 0 saturated carbocycles. The van der Waals surface area contributed by atoms with Crippen molar-refractivity contribution in [2.75, 3.05) is 0 Å². The molecule has 0 amide bonds. The van der Waals surface area contributed by atoms with E-state index in [9.17, 15) is 0 Å². The molecule has 3 rings (SSSR count). The topological polar surface area (TPSA) is 17.8 Å². The minimum atomic E-state index is 1.02. The monoisotopic (exact) mass is 250 g/mol. The Kier molecular flexibility index (Phi) is 3.32. The third-order valence-electron chi connectivity index (χ3n) is 3.54. The summed E-state index contributed by atoms with van der Waals surface area (Å²) in [6, 6.07) is 14.8. The summed E-state index contributed by atoms with van der Waals surface area (Å²) in [6.07, 6.45) is 6.34.